The van der Waals surface area contributed by atoms with Crippen LogP contribution >= 0.6 is 11.6 Å². The van der Waals surface area contributed by atoms with Gasteiger partial charge in [-0.3, -0.25) is 4.79 Å². The molecule has 0 saturated heterocycles. The van der Waals surface area contributed by atoms with Crippen molar-refractivity contribution in [3.8, 4) is 11.5 Å². The van der Waals surface area contributed by atoms with Crippen LogP contribution in [0.1, 0.15) is 39.0 Å². The number of hydrogen-bond donors (Lipinski definition) is 0. The van der Waals surface area contributed by atoms with Crippen molar-refractivity contribution >= 4 is 17.5 Å². The summed E-state index contributed by atoms with van der Waals surface area (Å²) in [6.45, 7) is 4.34. The Morgan fingerprint density at radius 1 is 1.35 bits per heavy atom. The summed E-state index contributed by atoms with van der Waals surface area (Å²) in [5.74, 6) is 1.15. The Morgan fingerprint density at radius 2 is 2.09 bits per heavy atom. The third-order valence-corrected chi connectivity index (χ3v) is 4.57. The van der Waals surface area contributed by atoms with Crippen LogP contribution in [0.3, 0.4) is 0 Å². The first-order chi connectivity index (χ1) is 11.1. The fraction of sp³-hybridized carbons (Fsp3) is 0.471. The SMILES string of the molecule is CC(C)N(Cc1nnc(-c2ccccc2Cl)o1)C(=O)C1CCC1. The van der Waals surface area contributed by atoms with Gasteiger partial charge in [-0.25, -0.2) is 0 Å². The molecule has 0 N–H and O–H groups in total. The molecule has 0 spiro atoms. The first-order valence-corrected chi connectivity index (χ1v) is 8.32. The fourth-order valence-electron chi connectivity index (χ4n) is 2.61. The van der Waals surface area contributed by atoms with Crippen LogP contribution in [0.15, 0.2) is 28.7 Å². The maximum Gasteiger partial charge on any atom is 0.249 e. The van der Waals surface area contributed by atoms with Gasteiger partial charge in [0.2, 0.25) is 17.7 Å². The predicted octanol–water partition coefficient (Wildman–Crippen LogP) is 3.93. The summed E-state index contributed by atoms with van der Waals surface area (Å²) in [5.41, 5.74) is 0.703. The van der Waals surface area contributed by atoms with E-state index in [0.717, 1.165) is 19.3 Å². The number of amides is 1. The van der Waals surface area contributed by atoms with Crippen LogP contribution in [0.4, 0.5) is 0 Å². The van der Waals surface area contributed by atoms with Gasteiger partial charge in [0, 0.05) is 12.0 Å². The van der Waals surface area contributed by atoms with Gasteiger partial charge >= 0.3 is 0 Å². The van der Waals surface area contributed by atoms with Crippen LogP contribution in [0, 0.1) is 5.92 Å². The van der Waals surface area contributed by atoms with E-state index in [1.165, 1.54) is 0 Å². The zero-order chi connectivity index (χ0) is 16.4. The molecule has 1 aliphatic carbocycles. The lowest BCUT2D eigenvalue weighted by Gasteiger charge is -2.33. The summed E-state index contributed by atoms with van der Waals surface area (Å²) in [5, 5.41) is 8.70. The van der Waals surface area contributed by atoms with Gasteiger partial charge < -0.3 is 9.32 Å². The van der Waals surface area contributed by atoms with E-state index in [-0.39, 0.29) is 17.9 Å². The molecule has 6 heteroatoms. The van der Waals surface area contributed by atoms with Crippen molar-refractivity contribution < 1.29 is 9.21 Å². The van der Waals surface area contributed by atoms with Gasteiger partial charge in [-0.15, -0.1) is 10.2 Å². The molecule has 0 aliphatic heterocycles. The Morgan fingerprint density at radius 3 is 2.70 bits per heavy atom. The maximum absolute atomic E-state index is 12.5. The van der Waals surface area contributed by atoms with E-state index < -0.39 is 0 Å². The number of carbonyl (C=O) groups excluding carboxylic acids is 1. The lowest BCUT2D eigenvalue weighted by atomic mass is 9.84. The van der Waals surface area contributed by atoms with E-state index in [9.17, 15) is 4.79 Å². The molecule has 122 valence electrons. The summed E-state index contributed by atoms with van der Waals surface area (Å²) >= 11 is 6.15. The number of rotatable bonds is 5. The van der Waals surface area contributed by atoms with Crippen molar-refractivity contribution in [2.45, 2.75) is 45.7 Å². The summed E-state index contributed by atoms with van der Waals surface area (Å²) in [6.07, 6.45) is 3.10. The Hall–Kier alpha value is -1.88. The summed E-state index contributed by atoms with van der Waals surface area (Å²) in [7, 11) is 0. The van der Waals surface area contributed by atoms with Crippen molar-refractivity contribution in [2.24, 2.45) is 5.92 Å². The highest BCUT2D eigenvalue weighted by Gasteiger charge is 2.31. The predicted molar refractivity (Wildman–Crippen MR) is 87.8 cm³/mol. The quantitative estimate of drug-likeness (QED) is 0.831. The highest BCUT2D eigenvalue weighted by molar-refractivity contribution is 6.33. The van der Waals surface area contributed by atoms with Crippen LogP contribution < -0.4 is 0 Å². The summed E-state index contributed by atoms with van der Waals surface area (Å²) < 4.78 is 5.71. The first-order valence-electron chi connectivity index (χ1n) is 7.94. The maximum atomic E-state index is 12.5. The third kappa shape index (κ3) is 3.39. The number of carbonyl (C=O) groups is 1. The largest absolute Gasteiger partial charge is 0.419 e. The number of nitrogens with zero attached hydrogens (tertiary/aromatic N) is 3. The average Bonchev–Trinajstić information content (AvgIpc) is 2.91. The molecule has 1 amide bonds. The molecule has 0 atom stereocenters. The van der Waals surface area contributed by atoms with Crippen LogP contribution in [-0.2, 0) is 11.3 Å². The minimum atomic E-state index is 0.0961. The Bertz CT molecular complexity index is 695. The molecule has 1 saturated carbocycles. The van der Waals surface area contributed by atoms with E-state index in [1.54, 1.807) is 6.07 Å². The molecule has 1 aromatic carbocycles. The molecule has 1 aliphatic rings. The normalized spacial score (nSPS) is 14.8. The summed E-state index contributed by atoms with van der Waals surface area (Å²) in [4.78, 5) is 14.3. The Balaban J connectivity index is 1.76. The van der Waals surface area contributed by atoms with Crippen molar-refractivity contribution in [1.29, 1.82) is 0 Å². The number of hydrogen-bond acceptors (Lipinski definition) is 4. The second-order valence-corrected chi connectivity index (χ2v) is 6.58. The molecule has 1 heterocycles. The second kappa shape index (κ2) is 6.71. The van der Waals surface area contributed by atoms with Gasteiger partial charge in [-0.05, 0) is 38.8 Å². The molecule has 1 fully saturated rings. The zero-order valence-corrected chi connectivity index (χ0v) is 14.1. The topological polar surface area (TPSA) is 59.2 Å². The molecule has 5 nitrogen and oxygen atoms in total. The molecule has 1 aromatic heterocycles. The van der Waals surface area contributed by atoms with E-state index in [1.807, 2.05) is 36.9 Å². The van der Waals surface area contributed by atoms with Gasteiger partial charge in [0.05, 0.1) is 17.1 Å². The molecular formula is C17H20ClN3O2. The number of benzene rings is 1. The van der Waals surface area contributed by atoms with E-state index in [0.29, 0.717) is 28.9 Å². The monoisotopic (exact) mass is 333 g/mol. The molecule has 0 radical (unpaired) electrons. The molecule has 0 unspecified atom stereocenters. The van der Waals surface area contributed by atoms with Gasteiger partial charge in [0.1, 0.15) is 0 Å². The van der Waals surface area contributed by atoms with Crippen molar-refractivity contribution in [1.82, 2.24) is 15.1 Å². The van der Waals surface area contributed by atoms with Gasteiger partial charge in [-0.2, -0.15) is 0 Å². The van der Waals surface area contributed by atoms with E-state index in [4.69, 9.17) is 16.0 Å². The van der Waals surface area contributed by atoms with Crippen molar-refractivity contribution in [3.05, 3.63) is 35.2 Å². The molecular weight excluding hydrogens is 314 g/mol. The minimum absolute atomic E-state index is 0.0961. The lowest BCUT2D eigenvalue weighted by Crippen LogP contribution is -2.42. The molecule has 3 rings (SSSR count). The van der Waals surface area contributed by atoms with E-state index >= 15 is 0 Å². The van der Waals surface area contributed by atoms with Crippen LogP contribution in [0.25, 0.3) is 11.5 Å². The highest BCUT2D eigenvalue weighted by Crippen LogP contribution is 2.30. The first kappa shape index (κ1) is 16.0. The van der Waals surface area contributed by atoms with Crippen LogP contribution in [-0.4, -0.2) is 27.0 Å². The minimum Gasteiger partial charge on any atom is -0.419 e. The van der Waals surface area contributed by atoms with Gasteiger partial charge in [0.15, 0.2) is 0 Å². The zero-order valence-electron chi connectivity index (χ0n) is 13.3. The smallest absolute Gasteiger partial charge is 0.249 e. The third-order valence-electron chi connectivity index (χ3n) is 4.24. The average molecular weight is 334 g/mol. The summed E-state index contributed by atoms with van der Waals surface area (Å²) in [6, 6.07) is 7.42. The fourth-order valence-corrected chi connectivity index (χ4v) is 2.83. The Kier molecular flexibility index (Phi) is 4.66. The second-order valence-electron chi connectivity index (χ2n) is 6.17. The standard InChI is InChI=1S/C17H20ClN3O2/c1-11(2)21(17(22)12-6-5-7-12)10-15-19-20-16(23-15)13-8-3-4-9-14(13)18/h3-4,8-9,11-12H,5-7,10H2,1-2H3. The highest BCUT2D eigenvalue weighted by atomic mass is 35.5. The molecule has 2 aromatic rings. The number of halogens is 1. The van der Waals surface area contributed by atoms with E-state index in [2.05, 4.69) is 10.2 Å². The molecule has 23 heavy (non-hydrogen) atoms. The van der Waals surface area contributed by atoms with Crippen molar-refractivity contribution in [2.75, 3.05) is 0 Å². The lowest BCUT2D eigenvalue weighted by molar-refractivity contribution is -0.141. The van der Waals surface area contributed by atoms with Gasteiger partial charge in [0.25, 0.3) is 0 Å². The Labute approximate surface area is 140 Å². The molecule has 0 bridgehead atoms. The number of aromatic nitrogens is 2. The van der Waals surface area contributed by atoms with Crippen molar-refractivity contribution in [3.63, 3.8) is 0 Å². The van der Waals surface area contributed by atoms with Crippen LogP contribution in [0.5, 0.6) is 0 Å². The van der Waals surface area contributed by atoms with Crippen LogP contribution in [0.2, 0.25) is 5.02 Å². The van der Waals surface area contributed by atoms with Gasteiger partial charge in [-0.1, -0.05) is 30.2 Å².